The Hall–Kier alpha value is -0.510. The number of nitrogens with zero attached hydrogens (tertiary/aromatic N) is 2. The third-order valence-corrected chi connectivity index (χ3v) is 7.39. The molecule has 1 aliphatic heterocycles. The van der Waals surface area contributed by atoms with Crippen molar-refractivity contribution in [3.05, 3.63) is 22.8 Å². The van der Waals surface area contributed by atoms with Gasteiger partial charge in [0.05, 0.1) is 11.5 Å². The van der Waals surface area contributed by atoms with Crippen molar-refractivity contribution in [2.45, 2.75) is 23.9 Å². The van der Waals surface area contributed by atoms with Crippen LogP contribution in [-0.4, -0.2) is 50.7 Å². The van der Waals surface area contributed by atoms with Gasteiger partial charge >= 0.3 is 0 Å². The summed E-state index contributed by atoms with van der Waals surface area (Å²) >= 11 is 3.20. The highest BCUT2D eigenvalue weighted by Crippen LogP contribution is 2.23. The molecule has 1 saturated heterocycles. The Bertz CT molecular complexity index is 672. The highest BCUT2D eigenvalue weighted by Gasteiger charge is 2.33. The van der Waals surface area contributed by atoms with Gasteiger partial charge in [0.1, 0.15) is 9.84 Å². The van der Waals surface area contributed by atoms with Crippen molar-refractivity contribution in [3.8, 4) is 0 Å². The lowest BCUT2D eigenvalue weighted by Gasteiger charge is -2.29. The summed E-state index contributed by atoms with van der Waals surface area (Å²) in [6, 6.07) is 2.74. The lowest BCUT2D eigenvalue weighted by Crippen LogP contribution is -2.42. The summed E-state index contributed by atoms with van der Waals surface area (Å²) in [7, 11) is -5.22. The van der Waals surface area contributed by atoms with Crippen molar-refractivity contribution in [1.82, 2.24) is 9.29 Å². The molecule has 1 aromatic rings. The molecule has 112 valence electrons. The molecule has 0 aromatic carbocycles. The number of sulfonamides is 1. The summed E-state index contributed by atoms with van der Waals surface area (Å²) < 4.78 is 49.5. The van der Waals surface area contributed by atoms with Crippen LogP contribution in [0.4, 0.5) is 0 Å². The van der Waals surface area contributed by atoms with Crippen LogP contribution < -0.4 is 0 Å². The molecule has 0 aliphatic carbocycles. The fourth-order valence-corrected chi connectivity index (χ4v) is 5.13. The fourth-order valence-electron chi connectivity index (χ4n) is 2.10. The maximum absolute atomic E-state index is 12.4. The third kappa shape index (κ3) is 3.38. The second-order valence-electron chi connectivity index (χ2n) is 4.72. The number of halogens is 1. The standard InChI is InChI=1S/C11H15BrN2O4S2/c1-14(10-4-6-19(15,16)7-5-10)20(17,18)11-3-2-9(12)8-13-11/h2-3,8,10H,4-7H2,1H3. The van der Waals surface area contributed by atoms with E-state index in [4.69, 9.17) is 0 Å². The summed E-state index contributed by atoms with van der Waals surface area (Å²) in [6.07, 6.45) is 2.08. The van der Waals surface area contributed by atoms with E-state index in [-0.39, 0.29) is 22.6 Å². The molecule has 0 saturated carbocycles. The molecular formula is C11H15BrN2O4S2. The first-order valence-electron chi connectivity index (χ1n) is 6.02. The zero-order valence-corrected chi connectivity index (χ0v) is 14.1. The maximum atomic E-state index is 12.4. The Balaban J connectivity index is 2.20. The van der Waals surface area contributed by atoms with Crippen molar-refractivity contribution < 1.29 is 16.8 Å². The fraction of sp³-hybridized carbons (Fsp3) is 0.545. The third-order valence-electron chi connectivity index (χ3n) is 3.38. The van der Waals surface area contributed by atoms with Crippen LogP contribution in [0.2, 0.25) is 0 Å². The minimum Gasteiger partial charge on any atom is -0.242 e. The number of hydrogen-bond donors (Lipinski definition) is 0. The monoisotopic (exact) mass is 382 g/mol. The van der Waals surface area contributed by atoms with E-state index in [9.17, 15) is 16.8 Å². The first-order valence-corrected chi connectivity index (χ1v) is 10.1. The van der Waals surface area contributed by atoms with Crippen LogP contribution in [-0.2, 0) is 19.9 Å². The molecule has 9 heteroatoms. The van der Waals surface area contributed by atoms with Crippen LogP contribution in [0, 0.1) is 0 Å². The first-order chi connectivity index (χ1) is 9.22. The minimum atomic E-state index is -3.69. The van der Waals surface area contributed by atoms with Crippen LogP contribution in [0.1, 0.15) is 12.8 Å². The van der Waals surface area contributed by atoms with E-state index in [1.807, 2.05) is 0 Å². The molecule has 0 amide bonds. The van der Waals surface area contributed by atoms with Crippen molar-refractivity contribution in [2.24, 2.45) is 0 Å². The molecule has 2 rings (SSSR count). The summed E-state index contributed by atoms with van der Waals surface area (Å²) in [5, 5.41) is -0.0309. The Kier molecular flexibility index (Phi) is 4.53. The maximum Gasteiger partial charge on any atom is 0.260 e. The quantitative estimate of drug-likeness (QED) is 0.779. The number of pyridine rings is 1. The van der Waals surface area contributed by atoms with Crippen LogP contribution in [0.25, 0.3) is 0 Å². The molecule has 0 atom stereocenters. The number of hydrogen-bond acceptors (Lipinski definition) is 5. The van der Waals surface area contributed by atoms with Crippen LogP contribution in [0.3, 0.4) is 0 Å². The first kappa shape index (κ1) is 15.9. The number of rotatable bonds is 3. The van der Waals surface area contributed by atoms with Gasteiger partial charge in [-0.05, 0) is 40.9 Å². The predicted molar refractivity (Wildman–Crippen MR) is 78.6 cm³/mol. The summed E-state index contributed by atoms with van der Waals surface area (Å²) in [5.41, 5.74) is 0. The van der Waals surface area contributed by atoms with E-state index in [0.717, 1.165) is 0 Å². The van der Waals surface area contributed by atoms with Gasteiger partial charge in [-0.15, -0.1) is 0 Å². The van der Waals surface area contributed by atoms with Gasteiger partial charge in [0, 0.05) is 23.8 Å². The van der Waals surface area contributed by atoms with E-state index < -0.39 is 19.9 Å². The Morgan fingerprint density at radius 3 is 2.40 bits per heavy atom. The van der Waals surface area contributed by atoms with E-state index in [2.05, 4.69) is 20.9 Å². The van der Waals surface area contributed by atoms with E-state index in [1.165, 1.54) is 23.6 Å². The zero-order chi connectivity index (χ0) is 15.0. The van der Waals surface area contributed by atoms with Crippen molar-refractivity contribution in [3.63, 3.8) is 0 Å². The largest absolute Gasteiger partial charge is 0.260 e. The SMILES string of the molecule is CN(C1CCS(=O)(=O)CC1)S(=O)(=O)c1ccc(Br)cn1. The predicted octanol–water partition coefficient (Wildman–Crippen LogP) is 1.04. The van der Waals surface area contributed by atoms with Crippen molar-refractivity contribution >= 4 is 35.8 Å². The van der Waals surface area contributed by atoms with Gasteiger partial charge < -0.3 is 0 Å². The number of aromatic nitrogens is 1. The summed E-state index contributed by atoms with van der Waals surface area (Å²) in [4.78, 5) is 3.90. The summed E-state index contributed by atoms with van der Waals surface area (Å²) in [6.45, 7) is 0. The minimum absolute atomic E-state index is 0.0309. The Morgan fingerprint density at radius 1 is 1.30 bits per heavy atom. The van der Waals surface area contributed by atoms with Gasteiger partial charge in [0.15, 0.2) is 5.03 Å². The van der Waals surface area contributed by atoms with Gasteiger partial charge in [-0.1, -0.05) is 0 Å². The molecule has 20 heavy (non-hydrogen) atoms. The van der Waals surface area contributed by atoms with Crippen molar-refractivity contribution in [1.29, 1.82) is 0 Å². The van der Waals surface area contributed by atoms with Gasteiger partial charge in [0.25, 0.3) is 10.0 Å². The molecule has 0 N–H and O–H groups in total. The highest BCUT2D eigenvalue weighted by molar-refractivity contribution is 9.10. The topological polar surface area (TPSA) is 84.4 Å². The van der Waals surface area contributed by atoms with Gasteiger partial charge in [-0.25, -0.2) is 21.8 Å². The zero-order valence-electron chi connectivity index (χ0n) is 10.9. The van der Waals surface area contributed by atoms with E-state index in [0.29, 0.717) is 17.3 Å². The van der Waals surface area contributed by atoms with Gasteiger partial charge in [-0.3, -0.25) is 0 Å². The van der Waals surface area contributed by atoms with Crippen LogP contribution in [0.5, 0.6) is 0 Å². The second-order valence-corrected chi connectivity index (χ2v) is 9.88. The molecule has 0 radical (unpaired) electrons. The molecule has 1 fully saturated rings. The molecule has 6 nitrogen and oxygen atoms in total. The molecule has 0 bridgehead atoms. The van der Waals surface area contributed by atoms with E-state index in [1.54, 1.807) is 6.07 Å². The average Bonchev–Trinajstić information content (AvgIpc) is 2.38. The van der Waals surface area contributed by atoms with Crippen LogP contribution >= 0.6 is 15.9 Å². The molecule has 1 aliphatic rings. The lowest BCUT2D eigenvalue weighted by molar-refractivity contribution is 0.341. The molecule has 2 heterocycles. The average molecular weight is 383 g/mol. The van der Waals surface area contributed by atoms with Gasteiger partial charge in [-0.2, -0.15) is 4.31 Å². The van der Waals surface area contributed by atoms with Gasteiger partial charge in [0.2, 0.25) is 0 Å². The highest BCUT2D eigenvalue weighted by atomic mass is 79.9. The Labute approximate surface area is 127 Å². The smallest absolute Gasteiger partial charge is 0.242 e. The number of sulfone groups is 1. The van der Waals surface area contributed by atoms with E-state index >= 15 is 0 Å². The lowest BCUT2D eigenvalue weighted by atomic mass is 10.2. The van der Waals surface area contributed by atoms with Crippen molar-refractivity contribution in [2.75, 3.05) is 18.6 Å². The second kappa shape index (κ2) is 5.70. The summed E-state index contributed by atoms with van der Waals surface area (Å²) in [5.74, 6) is 0.0661. The molecule has 1 aromatic heterocycles. The molecule has 0 unspecified atom stereocenters. The Morgan fingerprint density at radius 2 is 1.90 bits per heavy atom. The molecule has 0 spiro atoms. The normalized spacial score (nSPS) is 20.1. The van der Waals surface area contributed by atoms with Crippen LogP contribution in [0.15, 0.2) is 27.8 Å². The molecular weight excluding hydrogens is 368 g/mol.